The maximum Gasteiger partial charge on any atom is 0.225 e. The van der Waals surface area contributed by atoms with E-state index in [0.717, 1.165) is 12.4 Å². The molecule has 0 bridgehead atoms. The second-order valence-corrected chi connectivity index (χ2v) is 4.78. The number of nitrogens with zero attached hydrogens (tertiary/aromatic N) is 3. The van der Waals surface area contributed by atoms with E-state index in [2.05, 4.69) is 16.5 Å². The maximum atomic E-state index is 11.9. The lowest BCUT2D eigenvalue weighted by Crippen LogP contribution is -2.39. The first-order valence-corrected chi connectivity index (χ1v) is 6.14. The molecule has 2 N–H and O–H groups in total. The molecular weight excluding hydrogens is 216 g/mol. The molecule has 2 rings (SSSR count). The first-order chi connectivity index (χ1) is 8.06. The molecule has 1 saturated heterocycles. The fourth-order valence-corrected chi connectivity index (χ4v) is 2.56. The molecule has 1 aliphatic rings. The highest BCUT2D eigenvalue weighted by Crippen LogP contribution is 2.32. The zero-order chi connectivity index (χ0) is 12.6. The fourth-order valence-electron chi connectivity index (χ4n) is 2.56. The van der Waals surface area contributed by atoms with Gasteiger partial charge in [0.1, 0.15) is 11.9 Å². The fraction of sp³-hybridized carbons (Fsp3) is 0.667. The van der Waals surface area contributed by atoms with Crippen LogP contribution in [0.25, 0.3) is 0 Å². The zero-order valence-electron chi connectivity index (χ0n) is 10.6. The number of likely N-dealkylation sites (tertiary alicyclic amines) is 1. The standard InChI is InChI=1S/C12H20N4O/c1-4-15-6-5-14-12(15)11-9(13)7-10(17)16(11)8(2)3/h5-6,8-9,11H,4,7,13H2,1-3H3/t9-,11-/m1/s1. The van der Waals surface area contributed by atoms with Crippen LogP contribution in [0.2, 0.25) is 0 Å². The molecule has 0 unspecified atom stereocenters. The molecule has 94 valence electrons. The first kappa shape index (κ1) is 12.1. The number of rotatable bonds is 3. The van der Waals surface area contributed by atoms with Gasteiger partial charge < -0.3 is 15.2 Å². The third-order valence-corrected chi connectivity index (χ3v) is 3.31. The molecule has 0 aliphatic carbocycles. The predicted octanol–water partition coefficient (Wildman–Crippen LogP) is 0.912. The van der Waals surface area contributed by atoms with E-state index in [1.807, 2.05) is 24.9 Å². The maximum absolute atomic E-state index is 11.9. The zero-order valence-corrected chi connectivity index (χ0v) is 10.6. The van der Waals surface area contributed by atoms with Gasteiger partial charge in [-0.05, 0) is 20.8 Å². The summed E-state index contributed by atoms with van der Waals surface area (Å²) in [6.45, 7) is 6.94. The SMILES string of the molecule is CCn1ccnc1[C@H]1[C@H](N)CC(=O)N1C(C)C. The predicted molar refractivity (Wildman–Crippen MR) is 65.2 cm³/mol. The van der Waals surface area contributed by atoms with Crippen LogP contribution in [0.4, 0.5) is 0 Å². The highest BCUT2D eigenvalue weighted by Gasteiger charge is 2.41. The first-order valence-electron chi connectivity index (χ1n) is 6.14. The number of nitrogens with two attached hydrogens (primary N) is 1. The second-order valence-electron chi connectivity index (χ2n) is 4.78. The van der Waals surface area contributed by atoms with Gasteiger partial charge in [0.15, 0.2) is 0 Å². The summed E-state index contributed by atoms with van der Waals surface area (Å²) in [5.74, 6) is 1.03. The second kappa shape index (κ2) is 4.49. The molecule has 17 heavy (non-hydrogen) atoms. The molecule has 0 radical (unpaired) electrons. The van der Waals surface area contributed by atoms with Crippen LogP contribution in [-0.2, 0) is 11.3 Å². The van der Waals surface area contributed by atoms with Crippen molar-refractivity contribution in [3.8, 4) is 0 Å². The van der Waals surface area contributed by atoms with Crippen LogP contribution in [0.5, 0.6) is 0 Å². The van der Waals surface area contributed by atoms with Crippen LogP contribution < -0.4 is 5.73 Å². The summed E-state index contributed by atoms with van der Waals surface area (Å²) in [5.41, 5.74) is 6.10. The minimum absolute atomic E-state index is 0.0857. The van der Waals surface area contributed by atoms with Crippen LogP contribution >= 0.6 is 0 Å². The van der Waals surface area contributed by atoms with E-state index in [0.29, 0.717) is 6.42 Å². The third-order valence-electron chi connectivity index (χ3n) is 3.31. The van der Waals surface area contributed by atoms with E-state index >= 15 is 0 Å². The van der Waals surface area contributed by atoms with Gasteiger partial charge in [0.05, 0.1) is 0 Å². The van der Waals surface area contributed by atoms with Crippen LogP contribution in [0, 0.1) is 0 Å². The van der Waals surface area contributed by atoms with Crippen molar-refractivity contribution in [2.75, 3.05) is 0 Å². The van der Waals surface area contributed by atoms with Gasteiger partial charge in [0.2, 0.25) is 5.91 Å². The minimum atomic E-state index is -0.155. The van der Waals surface area contributed by atoms with Crippen LogP contribution in [0.3, 0.4) is 0 Å². The minimum Gasteiger partial charge on any atom is -0.333 e. The topological polar surface area (TPSA) is 64.2 Å². The highest BCUT2D eigenvalue weighted by molar-refractivity contribution is 5.80. The third kappa shape index (κ3) is 1.95. The Morgan fingerprint density at radius 3 is 2.88 bits per heavy atom. The van der Waals surface area contributed by atoms with Gasteiger partial charge in [-0.1, -0.05) is 0 Å². The number of aryl methyl sites for hydroxylation is 1. The quantitative estimate of drug-likeness (QED) is 0.848. The van der Waals surface area contributed by atoms with Gasteiger partial charge in [-0.15, -0.1) is 0 Å². The molecule has 1 amide bonds. The summed E-state index contributed by atoms with van der Waals surface area (Å²) in [4.78, 5) is 18.2. The van der Waals surface area contributed by atoms with Gasteiger partial charge in [-0.25, -0.2) is 4.98 Å². The molecule has 0 spiro atoms. The number of imidazole rings is 1. The van der Waals surface area contributed by atoms with Crippen molar-refractivity contribution in [1.82, 2.24) is 14.5 Å². The lowest BCUT2D eigenvalue weighted by molar-refractivity contribution is -0.130. The summed E-state index contributed by atoms with van der Waals surface area (Å²) in [7, 11) is 0. The van der Waals surface area contributed by atoms with Gasteiger partial charge in [-0.3, -0.25) is 4.79 Å². The number of amides is 1. The van der Waals surface area contributed by atoms with Gasteiger partial charge in [0, 0.05) is 37.4 Å². The summed E-state index contributed by atoms with van der Waals surface area (Å²) in [6, 6.07) is -0.0851. The molecule has 1 fully saturated rings. The summed E-state index contributed by atoms with van der Waals surface area (Å²) < 4.78 is 2.05. The molecule has 5 nitrogen and oxygen atoms in total. The van der Waals surface area contributed by atoms with E-state index in [1.165, 1.54) is 0 Å². The van der Waals surface area contributed by atoms with E-state index < -0.39 is 0 Å². The van der Waals surface area contributed by atoms with Crippen LogP contribution in [-0.4, -0.2) is 32.4 Å². The Morgan fingerprint density at radius 2 is 2.29 bits per heavy atom. The lowest BCUT2D eigenvalue weighted by Gasteiger charge is -2.30. The molecule has 2 heterocycles. The average Bonchev–Trinajstić information content (AvgIpc) is 2.81. The Hall–Kier alpha value is -1.36. The average molecular weight is 236 g/mol. The molecule has 0 saturated carbocycles. The molecule has 5 heteroatoms. The van der Waals surface area contributed by atoms with Crippen molar-refractivity contribution in [2.24, 2.45) is 5.73 Å². The summed E-state index contributed by atoms with van der Waals surface area (Å²) in [5, 5.41) is 0. The van der Waals surface area contributed by atoms with E-state index in [9.17, 15) is 4.79 Å². The van der Waals surface area contributed by atoms with Crippen LogP contribution in [0.15, 0.2) is 12.4 Å². The van der Waals surface area contributed by atoms with Gasteiger partial charge in [0.25, 0.3) is 0 Å². The van der Waals surface area contributed by atoms with Crippen molar-refractivity contribution in [3.05, 3.63) is 18.2 Å². The Kier molecular flexibility index (Phi) is 3.19. The van der Waals surface area contributed by atoms with E-state index in [-0.39, 0.29) is 24.0 Å². The number of aromatic nitrogens is 2. The highest BCUT2D eigenvalue weighted by atomic mass is 16.2. The molecule has 2 atom stereocenters. The number of carbonyl (C=O) groups is 1. The summed E-state index contributed by atoms with van der Waals surface area (Å²) >= 11 is 0. The van der Waals surface area contributed by atoms with Crippen molar-refractivity contribution >= 4 is 5.91 Å². The normalized spacial score (nSPS) is 25.0. The lowest BCUT2D eigenvalue weighted by atomic mass is 10.1. The van der Waals surface area contributed by atoms with Crippen molar-refractivity contribution in [3.63, 3.8) is 0 Å². The van der Waals surface area contributed by atoms with Crippen molar-refractivity contribution < 1.29 is 4.79 Å². The van der Waals surface area contributed by atoms with Gasteiger partial charge >= 0.3 is 0 Å². The van der Waals surface area contributed by atoms with E-state index in [4.69, 9.17) is 5.73 Å². The van der Waals surface area contributed by atoms with Crippen molar-refractivity contribution in [1.29, 1.82) is 0 Å². The van der Waals surface area contributed by atoms with Crippen LogP contribution in [0.1, 0.15) is 39.1 Å². The molecule has 1 aromatic rings. The number of carbonyl (C=O) groups excluding carboxylic acids is 1. The molecular formula is C12H20N4O. The monoisotopic (exact) mass is 236 g/mol. The van der Waals surface area contributed by atoms with Gasteiger partial charge in [-0.2, -0.15) is 0 Å². The molecule has 0 aromatic carbocycles. The number of hydrogen-bond donors (Lipinski definition) is 1. The Bertz CT molecular complexity index is 412. The molecule has 1 aliphatic heterocycles. The Morgan fingerprint density at radius 1 is 1.59 bits per heavy atom. The smallest absolute Gasteiger partial charge is 0.225 e. The number of hydrogen-bond acceptors (Lipinski definition) is 3. The largest absolute Gasteiger partial charge is 0.333 e. The Balaban J connectivity index is 2.38. The van der Waals surface area contributed by atoms with Crippen molar-refractivity contribution in [2.45, 2.75) is 51.9 Å². The summed E-state index contributed by atoms with van der Waals surface area (Å²) in [6.07, 6.45) is 4.12. The van der Waals surface area contributed by atoms with E-state index in [1.54, 1.807) is 6.20 Å². The Labute approximate surface area is 102 Å². The molecule has 1 aromatic heterocycles.